The van der Waals surface area contributed by atoms with E-state index in [2.05, 4.69) is 0 Å². The van der Waals surface area contributed by atoms with E-state index in [9.17, 15) is 43.3 Å². The number of hydrogen-bond acceptors (Lipinski definition) is 6. The molecule has 21 heavy (non-hydrogen) atoms. The number of benzene rings is 1. The molecular weight excluding hydrogens is 303 g/mol. The lowest BCUT2D eigenvalue weighted by molar-refractivity contribution is -0.388. The number of nitro groups is 2. The molecule has 0 fully saturated rings. The van der Waals surface area contributed by atoms with Crippen molar-refractivity contribution in [2.45, 2.75) is 0 Å². The number of aromatic hydroxyl groups is 1. The van der Waals surface area contributed by atoms with E-state index in [-0.39, 0.29) is 0 Å². The fourth-order valence-electron chi connectivity index (χ4n) is 1.74. The molecule has 2 N–H and O–H groups in total. The number of nitrogens with one attached hydrogen (secondary N) is 1. The molecule has 1 heterocycles. The molecule has 0 saturated heterocycles. The lowest BCUT2D eigenvalue weighted by Crippen LogP contribution is -2.14. The monoisotopic (exact) mass is 305 g/mol. The normalized spacial score (nSPS) is 10.8. The highest BCUT2D eigenvalue weighted by atomic mass is 19.2. The Hall–Kier alpha value is -3.18. The van der Waals surface area contributed by atoms with Crippen LogP contribution < -0.4 is 5.56 Å². The molecular formula is C9H2F3N3O6. The number of aromatic amines is 1. The molecule has 2 rings (SSSR count). The van der Waals surface area contributed by atoms with Crippen molar-refractivity contribution in [1.82, 2.24) is 4.98 Å². The maximum absolute atomic E-state index is 13.5. The number of halogens is 3. The lowest BCUT2D eigenvalue weighted by atomic mass is 10.1. The van der Waals surface area contributed by atoms with Crippen LogP contribution in [0.15, 0.2) is 4.79 Å². The van der Waals surface area contributed by atoms with Crippen molar-refractivity contribution in [3.8, 4) is 5.75 Å². The molecule has 0 bridgehead atoms. The quantitative estimate of drug-likeness (QED) is 0.489. The molecule has 1 aromatic heterocycles. The van der Waals surface area contributed by atoms with Crippen molar-refractivity contribution in [1.29, 1.82) is 0 Å². The number of H-pyrrole nitrogens is 1. The van der Waals surface area contributed by atoms with Gasteiger partial charge in [0.15, 0.2) is 5.82 Å². The largest absolute Gasteiger partial charge is 0.501 e. The van der Waals surface area contributed by atoms with E-state index in [1.165, 1.54) is 4.98 Å². The molecule has 0 saturated carbocycles. The van der Waals surface area contributed by atoms with E-state index in [1.807, 2.05) is 0 Å². The van der Waals surface area contributed by atoms with Gasteiger partial charge in [-0.1, -0.05) is 0 Å². The third kappa shape index (κ3) is 1.84. The minimum absolute atomic E-state index is 1.26. The Balaban J connectivity index is 3.23. The highest BCUT2D eigenvalue weighted by molar-refractivity contribution is 5.96. The second-order valence-corrected chi connectivity index (χ2v) is 3.71. The number of hydrogen-bond donors (Lipinski definition) is 2. The van der Waals surface area contributed by atoms with Crippen molar-refractivity contribution in [2.75, 3.05) is 0 Å². The first-order valence-corrected chi connectivity index (χ1v) is 4.92. The fraction of sp³-hybridized carbons (Fsp3) is 0. The zero-order chi connectivity index (χ0) is 16.1. The number of nitro benzene ring substituents is 1. The Morgan fingerprint density at radius 3 is 1.95 bits per heavy atom. The van der Waals surface area contributed by atoms with Gasteiger partial charge in [0.2, 0.25) is 17.4 Å². The second kappa shape index (κ2) is 4.43. The molecule has 110 valence electrons. The van der Waals surface area contributed by atoms with Crippen molar-refractivity contribution in [3.63, 3.8) is 0 Å². The van der Waals surface area contributed by atoms with E-state index < -0.39 is 60.9 Å². The summed E-state index contributed by atoms with van der Waals surface area (Å²) in [6.45, 7) is 0. The fourth-order valence-corrected chi connectivity index (χ4v) is 1.74. The summed E-state index contributed by atoms with van der Waals surface area (Å²) in [6.07, 6.45) is 0. The smallest absolute Gasteiger partial charge is 0.375 e. The van der Waals surface area contributed by atoms with E-state index in [4.69, 9.17) is 0 Å². The minimum Gasteiger partial charge on any atom is -0.501 e. The Morgan fingerprint density at radius 2 is 1.48 bits per heavy atom. The van der Waals surface area contributed by atoms with Crippen molar-refractivity contribution in [2.24, 2.45) is 0 Å². The average Bonchev–Trinajstić information content (AvgIpc) is 2.37. The second-order valence-electron chi connectivity index (χ2n) is 3.71. The molecule has 0 amide bonds. The molecule has 2 aromatic rings. The summed E-state index contributed by atoms with van der Waals surface area (Å²) >= 11 is 0. The predicted molar refractivity (Wildman–Crippen MR) is 59.4 cm³/mol. The zero-order valence-electron chi connectivity index (χ0n) is 9.52. The molecule has 0 spiro atoms. The lowest BCUT2D eigenvalue weighted by Gasteiger charge is -2.06. The Morgan fingerprint density at radius 1 is 0.952 bits per heavy atom. The van der Waals surface area contributed by atoms with Gasteiger partial charge in [-0.2, -0.15) is 4.39 Å². The zero-order valence-corrected chi connectivity index (χ0v) is 9.52. The Labute approximate surface area is 110 Å². The van der Waals surface area contributed by atoms with E-state index in [0.717, 1.165) is 0 Å². The summed E-state index contributed by atoms with van der Waals surface area (Å²) in [5, 5.41) is 29.6. The molecule has 0 aliphatic heterocycles. The first-order chi connectivity index (χ1) is 9.68. The first-order valence-electron chi connectivity index (χ1n) is 4.92. The SMILES string of the molecule is O=c1[nH]c2c(F)c(F)c(F)c([N+](=O)[O-])c2c(O)c1[N+](=O)[O-]. The Kier molecular flexibility index (Phi) is 3.00. The molecule has 0 aliphatic rings. The van der Waals surface area contributed by atoms with Crippen LogP contribution >= 0.6 is 0 Å². The molecule has 9 nitrogen and oxygen atoms in total. The van der Waals surface area contributed by atoms with Gasteiger partial charge in [0, 0.05) is 0 Å². The third-order valence-electron chi connectivity index (χ3n) is 2.58. The highest BCUT2D eigenvalue weighted by Gasteiger charge is 2.35. The predicted octanol–water partition coefficient (Wildman–Crippen LogP) is 1.47. The molecule has 0 radical (unpaired) electrons. The highest BCUT2D eigenvalue weighted by Crippen LogP contribution is 2.40. The number of fused-ring (bicyclic) bond motifs is 1. The van der Waals surface area contributed by atoms with Crippen LogP contribution in [0.4, 0.5) is 24.5 Å². The van der Waals surface area contributed by atoms with Gasteiger partial charge in [0.25, 0.3) is 0 Å². The van der Waals surface area contributed by atoms with Crippen LogP contribution in [-0.2, 0) is 0 Å². The number of aromatic nitrogens is 1. The van der Waals surface area contributed by atoms with E-state index in [0.29, 0.717) is 0 Å². The van der Waals surface area contributed by atoms with Crippen LogP contribution in [0, 0.1) is 37.7 Å². The summed E-state index contributed by atoms with van der Waals surface area (Å²) in [5.41, 5.74) is -6.19. The van der Waals surface area contributed by atoms with Gasteiger partial charge in [0.05, 0.1) is 15.4 Å². The van der Waals surface area contributed by atoms with Crippen molar-refractivity contribution in [3.05, 3.63) is 48.0 Å². The van der Waals surface area contributed by atoms with Gasteiger partial charge in [-0.25, -0.2) is 8.78 Å². The summed E-state index contributed by atoms with van der Waals surface area (Å²) < 4.78 is 40.1. The third-order valence-corrected chi connectivity index (χ3v) is 2.58. The average molecular weight is 305 g/mol. The van der Waals surface area contributed by atoms with Gasteiger partial charge in [-0.3, -0.25) is 25.0 Å². The van der Waals surface area contributed by atoms with Gasteiger partial charge >= 0.3 is 16.9 Å². The number of rotatable bonds is 2. The van der Waals surface area contributed by atoms with Gasteiger partial charge in [0.1, 0.15) is 5.39 Å². The molecule has 0 unspecified atom stereocenters. The number of pyridine rings is 1. The first kappa shape index (κ1) is 14.2. The van der Waals surface area contributed by atoms with Crippen LogP contribution in [0.5, 0.6) is 5.75 Å². The summed E-state index contributed by atoms with van der Waals surface area (Å²) in [6, 6.07) is 0. The molecule has 0 aliphatic carbocycles. The van der Waals surface area contributed by atoms with Crippen LogP contribution in [0.3, 0.4) is 0 Å². The van der Waals surface area contributed by atoms with E-state index >= 15 is 0 Å². The minimum atomic E-state index is -2.27. The standard InChI is InChI=1S/C9H2F3N3O6/c10-2-3(11)5-1(6(4(2)12)14(18)19)8(16)7(15(20)21)9(17)13-5/h(H2,13,16,17). The number of nitrogens with zero attached hydrogens (tertiary/aromatic N) is 2. The van der Waals surface area contributed by atoms with Gasteiger partial charge in [-0.05, 0) is 0 Å². The molecule has 1 aromatic carbocycles. The van der Waals surface area contributed by atoms with Crippen molar-refractivity contribution >= 4 is 22.3 Å². The summed E-state index contributed by atoms with van der Waals surface area (Å²) in [5.74, 6) is -8.20. The maximum Gasteiger partial charge on any atom is 0.375 e. The van der Waals surface area contributed by atoms with Gasteiger partial charge in [-0.15, -0.1) is 0 Å². The summed E-state index contributed by atoms with van der Waals surface area (Å²) in [4.78, 5) is 31.2. The molecule has 12 heteroatoms. The van der Waals surface area contributed by atoms with Crippen LogP contribution in [0.25, 0.3) is 10.9 Å². The van der Waals surface area contributed by atoms with Crippen LogP contribution in [-0.4, -0.2) is 19.9 Å². The molecule has 0 atom stereocenters. The Bertz CT molecular complexity index is 878. The van der Waals surface area contributed by atoms with Crippen LogP contribution in [0.1, 0.15) is 0 Å². The topological polar surface area (TPSA) is 139 Å². The van der Waals surface area contributed by atoms with Crippen LogP contribution in [0.2, 0.25) is 0 Å². The summed E-state index contributed by atoms with van der Waals surface area (Å²) in [7, 11) is 0. The van der Waals surface area contributed by atoms with E-state index in [1.54, 1.807) is 0 Å². The van der Waals surface area contributed by atoms with Crippen molar-refractivity contribution < 1.29 is 28.1 Å². The van der Waals surface area contributed by atoms with Gasteiger partial charge < -0.3 is 10.1 Å². The maximum atomic E-state index is 13.5.